The Morgan fingerprint density at radius 1 is 1.11 bits per heavy atom. The van der Waals surface area contributed by atoms with Crippen molar-refractivity contribution in [3.8, 4) is 5.75 Å². The first kappa shape index (κ1) is 12.2. The molecule has 3 heteroatoms. The second-order valence-electron chi connectivity index (χ2n) is 4.01. The standard InChI is InChI=1S/C15H14O3/c1-18-15(17)13-10-12(7-8-14(13)16)9-11-5-3-2-4-6-11/h2-8,10,16H,9H2,1H3. The van der Waals surface area contributed by atoms with E-state index in [1.165, 1.54) is 13.2 Å². The molecule has 2 aromatic carbocycles. The second-order valence-corrected chi connectivity index (χ2v) is 4.01. The van der Waals surface area contributed by atoms with Crippen LogP contribution in [0.4, 0.5) is 0 Å². The normalized spacial score (nSPS) is 10.1. The van der Waals surface area contributed by atoms with Crippen LogP contribution in [-0.2, 0) is 11.2 Å². The van der Waals surface area contributed by atoms with Crippen molar-refractivity contribution >= 4 is 5.97 Å². The SMILES string of the molecule is COC(=O)c1cc(Cc2ccccc2)ccc1O. The first-order valence-electron chi connectivity index (χ1n) is 5.65. The van der Waals surface area contributed by atoms with E-state index in [-0.39, 0.29) is 11.3 Å². The Balaban J connectivity index is 2.27. The fraction of sp³-hybridized carbons (Fsp3) is 0.133. The molecule has 0 aliphatic carbocycles. The molecule has 0 fully saturated rings. The van der Waals surface area contributed by atoms with E-state index in [1.54, 1.807) is 12.1 Å². The summed E-state index contributed by atoms with van der Waals surface area (Å²) >= 11 is 0. The van der Waals surface area contributed by atoms with Gasteiger partial charge in [-0.2, -0.15) is 0 Å². The molecule has 0 saturated heterocycles. The van der Waals surface area contributed by atoms with Gasteiger partial charge in [0.1, 0.15) is 11.3 Å². The lowest BCUT2D eigenvalue weighted by molar-refractivity contribution is 0.0597. The van der Waals surface area contributed by atoms with Crippen LogP contribution in [-0.4, -0.2) is 18.2 Å². The Hall–Kier alpha value is -2.29. The first-order chi connectivity index (χ1) is 8.70. The summed E-state index contributed by atoms with van der Waals surface area (Å²) in [5.41, 5.74) is 2.31. The zero-order chi connectivity index (χ0) is 13.0. The van der Waals surface area contributed by atoms with Gasteiger partial charge >= 0.3 is 5.97 Å². The second kappa shape index (κ2) is 5.36. The van der Waals surface area contributed by atoms with Crippen LogP contribution in [0.25, 0.3) is 0 Å². The minimum atomic E-state index is -0.526. The topological polar surface area (TPSA) is 46.5 Å². The van der Waals surface area contributed by atoms with Gasteiger partial charge in [-0.1, -0.05) is 36.4 Å². The minimum Gasteiger partial charge on any atom is -0.507 e. The Morgan fingerprint density at radius 3 is 2.50 bits per heavy atom. The molecule has 0 amide bonds. The van der Waals surface area contributed by atoms with Crippen molar-refractivity contribution in [1.29, 1.82) is 0 Å². The predicted octanol–water partition coefficient (Wildman–Crippen LogP) is 2.77. The highest BCUT2D eigenvalue weighted by molar-refractivity contribution is 5.92. The number of carbonyl (C=O) groups excluding carboxylic acids is 1. The number of hydrogen-bond acceptors (Lipinski definition) is 3. The van der Waals surface area contributed by atoms with E-state index in [0.717, 1.165) is 11.1 Å². The summed E-state index contributed by atoms with van der Waals surface area (Å²) in [6.45, 7) is 0. The lowest BCUT2D eigenvalue weighted by Crippen LogP contribution is -2.02. The third-order valence-electron chi connectivity index (χ3n) is 2.72. The van der Waals surface area contributed by atoms with Crippen molar-refractivity contribution in [3.63, 3.8) is 0 Å². The summed E-state index contributed by atoms with van der Waals surface area (Å²) in [7, 11) is 1.30. The average molecular weight is 242 g/mol. The molecule has 3 nitrogen and oxygen atoms in total. The van der Waals surface area contributed by atoms with E-state index in [2.05, 4.69) is 4.74 Å². The minimum absolute atomic E-state index is 0.0568. The van der Waals surface area contributed by atoms with Crippen LogP contribution in [0.5, 0.6) is 5.75 Å². The zero-order valence-electron chi connectivity index (χ0n) is 10.1. The lowest BCUT2D eigenvalue weighted by atomic mass is 10.0. The molecule has 1 N–H and O–H groups in total. The number of phenolic OH excluding ortho intramolecular Hbond substituents is 1. The molecule has 92 valence electrons. The molecule has 2 aromatic rings. The number of benzene rings is 2. The van der Waals surface area contributed by atoms with Gasteiger partial charge in [0.25, 0.3) is 0 Å². The van der Waals surface area contributed by atoms with Crippen LogP contribution >= 0.6 is 0 Å². The Kier molecular flexibility index (Phi) is 3.63. The highest BCUT2D eigenvalue weighted by Crippen LogP contribution is 2.21. The lowest BCUT2D eigenvalue weighted by Gasteiger charge is -2.06. The average Bonchev–Trinajstić information content (AvgIpc) is 2.41. The summed E-state index contributed by atoms with van der Waals surface area (Å²) < 4.78 is 4.62. The number of carbonyl (C=O) groups is 1. The maximum absolute atomic E-state index is 11.5. The van der Waals surface area contributed by atoms with Crippen LogP contribution in [0, 0.1) is 0 Å². The Morgan fingerprint density at radius 2 is 1.83 bits per heavy atom. The van der Waals surface area contributed by atoms with E-state index in [1.807, 2.05) is 30.3 Å². The smallest absolute Gasteiger partial charge is 0.341 e. The maximum atomic E-state index is 11.5. The van der Waals surface area contributed by atoms with Gasteiger partial charge in [0, 0.05) is 0 Å². The molecule has 0 atom stereocenters. The van der Waals surface area contributed by atoms with E-state index in [9.17, 15) is 9.90 Å². The van der Waals surface area contributed by atoms with E-state index in [4.69, 9.17) is 0 Å². The quantitative estimate of drug-likeness (QED) is 0.842. The van der Waals surface area contributed by atoms with Crippen LogP contribution in [0.2, 0.25) is 0 Å². The molecule has 18 heavy (non-hydrogen) atoms. The van der Waals surface area contributed by atoms with Gasteiger partial charge in [0.2, 0.25) is 0 Å². The Bertz CT molecular complexity index is 547. The van der Waals surface area contributed by atoms with Crippen LogP contribution in [0.15, 0.2) is 48.5 Å². The van der Waals surface area contributed by atoms with Gasteiger partial charge in [0.15, 0.2) is 0 Å². The number of hydrogen-bond donors (Lipinski definition) is 1. The number of methoxy groups -OCH3 is 1. The van der Waals surface area contributed by atoms with Crippen LogP contribution in [0.1, 0.15) is 21.5 Å². The largest absolute Gasteiger partial charge is 0.507 e. The maximum Gasteiger partial charge on any atom is 0.341 e. The fourth-order valence-corrected chi connectivity index (χ4v) is 1.80. The summed E-state index contributed by atoms with van der Waals surface area (Å²) in [6.07, 6.45) is 0.713. The molecule has 0 aliphatic rings. The molecule has 0 spiro atoms. The van der Waals surface area contributed by atoms with E-state index in [0.29, 0.717) is 6.42 Å². The van der Waals surface area contributed by atoms with Gasteiger partial charge in [-0.25, -0.2) is 4.79 Å². The first-order valence-corrected chi connectivity index (χ1v) is 5.65. The summed E-state index contributed by atoms with van der Waals surface area (Å²) in [5.74, 6) is -0.582. The monoisotopic (exact) mass is 242 g/mol. The number of phenols is 1. The van der Waals surface area contributed by atoms with Crippen LogP contribution in [0.3, 0.4) is 0 Å². The highest BCUT2D eigenvalue weighted by atomic mass is 16.5. The van der Waals surface area contributed by atoms with Crippen molar-refractivity contribution in [2.45, 2.75) is 6.42 Å². The Labute approximate surface area is 106 Å². The van der Waals surface area contributed by atoms with Crippen LogP contribution < -0.4 is 0 Å². The van der Waals surface area contributed by atoms with Gasteiger partial charge in [-0.05, 0) is 29.7 Å². The van der Waals surface area contributed by atoms with Gasteiger partial charge < -0.3 is 9.84 Å². The molecule has 0 aliphatic heterocycles. The van der Waals surface area contributed by atoms with Crippen molar-refractivity contribution < 1.29 is 14.6 Å². The molecule has 0 radical (unpaired) electrons. The third kappa shape index (κ3) is 2.69. The summed E-state index contributed by atoms with van der Waals surface area (Å²) in [5, 5.41) is 9.60. The van der Waals surface area contributed by atoms with Gasteiger partial charge in [-0.15, -0.1) is 0 Å². The summed E-state index contributed by atoms with van der Waals surface area (Å²) in [4.78, 5) is 11.5. The van der Waals surface area contributed by atoms with E-state index < -0.39 is 5.97 Å². The number of aromatic hydroxyl groups is 1. The zero-order valence-corrected chi connectivity index (χ0v) is 10.1. The van der Waals surface area contributed by atoms with E-state index >= 15 is 0 Å². The molecule has 0 saturated carbocycles. The van der Waals surface area contributed by atoms with Gasteiger partial charge in [-0.3, -0.25) is 0 Å². The number of rotatable bonds is 3. The molecule has 2 rings (SSSR count). The molecule has 0 aromatic heterocycles. The molecule has 0 bridgehead atoms. The highest BCUT2D eigenvalue weighted by Gasteiger charge is 2.12. The summed E-state index contributed by atoms with van der Waals surface area (Å²) in [6, 6.07) is 14.9. The number of esters is 1. The fourth-order valence-electron chi connectivity index (χ4n) is 1.80. The van der Waals surface area contributed by atoms with Crippen molar-refractivity contribution in [2.24, 2.45) is 0 Å². The molecule has 0 heterocycles. The van der Waals surface area contributed by atoms with Crippen molar-refractivity contribution in [1.82, 2.24) is 0 Å². The molecule has 0 unspecified atom stereocenters. The third-order valence-corrected chi connectivity index (χ3v) is 2.72. The molecular formula is C15H14O3. The number of ether oxygens (including phenoxy) is 1. The van der Waals surface area contributed by atoms with Gasteiger partial charge in [0.05, 0.1) is 7.11 Å². The van der Waals surface area contributed by atoms with Crippen molar-refractivity contribution in [2.75, 3.05) is 7.11 Å². The predicted molar refractivity (Wildman–Crippen MR) is 68.7 cm³/mol. The van der Waals surface area contributed by atoms with Crippen molar-refractivity contribution in [3.05, 3.63) is 65.2 Å². The molecular weight excluding hydrogens is 228 g/mol.